The number of rotatable bonds is 7. The zero-order valence-corrected chi connectivity index (χ0v) is 21.1. The largest absolute Gasteiger partial charge is 0.487 e. The van der Waals surface area contributed by atoms with Crippen LogP contribution in [0.2, 0.25) is 0 Å². The first-order chi connectivity index (χ1) is 15.5. The Labute approximate surface area is 197 Å². The van der Waals surface area contributed by atoms with Gasteiger partial charge < -0.3 is 24.4 Å². The number of sulfonamides is 1. The molecular weight excluding hydrogens is 446 g/mol. The summed E-state index contributed by atoms with van der Waals surface area (Å²) >= 11 is 0. The number of aliphatic hydroxyl groups is 1. The third kappa shape index (κ3) is 6.91. The van der Waals surface area contributed by atoms with Crippen molar-refractivity contribution >= 4 is 15.9 Å². The second-order valence-corrected chi connectivity index (χ2v) is 10.5. The zero-order valence-electron chi connectivity index (χ0n) is 20.2. The van der Waals surface area contributed by atoms with Crippen molar-refractivity contribution in [2.24, 2.45) is 5.92 Å². The van der Waals surface area contributed by atoms with Crippen molar-refractivity contribution in [3.63, 3.8) is 0 Å². The van der Waals surface area contributed by atoms with Crippen LogP contribution in [0.4, 0.5) is 0 Å². The number of aliphatic hydroxyl groups excluding tert-OH is 1. The lowest BCUT2D eigenvalue weighted by Crippen LogP contribution is -2.50. The van der Waals surface area contributed by atoms with E-state index in [1.54, 1.807) is 43.0 Å². The van der Waals surface area contributed by atoms with Crippen LogP contribution >= 0.6 is 0 Å². The summed E-state index contributed by atoms with van der Waals surface area (Å²) in [5.41, 5.74) is 0.590. The molecule has 9 nitrogen and oxygen atoms in total. The highest BCUT2D eigenvalue weighted by atomic mass is 32.2. The minimum Gasteiger partial charge on any atom is -0.487 e. The van der Waals surface area contributed by atoms with Crippen LogP contribution in [0.15, 0.2) is 23.1 Å². The van der Waals surface area contributed by atoms with Gasteiger partial charge in [-0.3, -0.25) is 4.79 Å². The van der Waals surface area contributed by atoms with E-state index in [0.29, 0.717) is 5.56 Å². The van der Waals surface area contributed by atoms with Crippen molar-refractivity contribution in [2.45, 2.75) is 30.9 Å². The Balaban J connectivity index is 2.50. The van der Waals surface area contributed by atoms with Crippen molar-refractivity contribution in [3.8, 4) is 17.6 Å². The number of carbonyl (C=O) groups is 1. The molecule has 0 saturated carbocycles. The molecule has 3 atom stereocenters. The van der Waals surface area contributed by atoms with Crippen molar-refractivity contribution in [1.29, 1.82) is 0 Å². The SMILES string of the molecule is COCC#Cc1ccc2c(c1)O[C@@H](CN(C)C(=O)CN(C)C)[C@@H](C)CN([C@@H](C)CO)S2(=O)=O. The molecule has 0 radical (unpaired) electrons. The zero-order chi connectivity index (χ0) is 24.8. The highest BCUT2D eigenvalue weighted by Gasteiger charge is 2.38. The van der Waals surface area contributed by atoms with E-state index in [0.717, 1.165) is 0 Å². The molecule has 1 amide bonds. The van der Waals surface area contributed by atoms with Crippen LogP contribution in [0.1, 0.15) is 19.4 Å². The first-order valence-electron chi connectivity index (χ1n) is 10.8. The summed E-state index contributed by atoms with van der Waals surface area (Å²) < 4.78 is 39.4. The molecule has 0 aliphatic carbocycles. The summed E-state index contributed by atoms with van der Waals surface area (Å²) in [6, 6.07) is 4.09. The van der Waals surface area contributed by atoms with E-state index in [-0.39, 0.29) is 55.3 Å². The van der Waals surface area contributed by atoms with Gasteiger partial charge in [-0.15, -0.1) is 0 Å². The first-order valence-corrected chi connectivity index (χ1v) is 12.2. The quantitative estimate of drug-likeness (QED) is 0.565. The highest BCUT2D eigenvalue weighted by molar-refractivity contribution is 7.89. The van der Waals surface area contributed by atoms with E-state index in [9.17, 15) is 18.3 Å². The Morgan fingerprint density at radius 1 is 1.36 bits per heavy atom. The van der Waals surface area contributed by atoms with Gasteiger partial charge in [0.25, 0.3) is 0 Å². The summed E-state index contributed by atoms with van der Waals surface area (Å²) in [6.07, 6.45) is -0.467. The molecule has 0 saturated heterocycles. The number of amides is 1. The van der Waals surface area contributed by atoms with Gasteiger partial charge in [-0.25, -0.2) is 8.42 Å². The van der Waals surface area contributed by atoms with Crippen molar-refractivity contribution < 1.29 is 27.8 Å². The number of likely N-dealkylation sites (N-methyl/N-ethyl adjacent to an activating group) is 2. The Bertz CT molecular complexity index is 986. The van der Waals surface area contributed by atoms with Crippen LogP contribution in [0.5, 0.6) is 5.75 Å². The molecule has 1 aliphatic heterocycles. The second-order valence-electron chi connectivity index (χ2n) is 8.65. The maximum Gasteiger partial charge on any atom is 0.247 e. The molecule has 2 rings (SSSR count). The topological polar surface area (TPSA) is 99.6 Å². The van der Waals surface area contributed by atoms with Crippen molar-refractivity contribution in [2.75, 3.05) is 61.1 Å². The van der Waals surface area contributed by atoms with Gasteiger partial charge in [0.15, 0.2) is 0 Å². The Kier molecular flexibility index (Phi) is 9.70. The number of hydrogen-bond acceptors (Lipinski definition) is 7. The monoisotopic (exact) mass is 481 g/mol. The van der Waals surface area contributed by atoms with E-state index in [4.69, 9.17) is 9.47 Å². The fourth-order valence-corrected chi connectivity index (χ4v) is 5.32. The lowest BCUT2D eigenvalue weighted by molar-refractivity contribution is -0.132. The molecule has 0 spiro atoms. The van der Waals surface area contributed by atoms with Gasteiger partial charge in [-0.1, -0.05) is 18.8 Å². The van der Waals surface area contributed by atoms with Crippen LogP contribution in [-0.2, 0) is 19.6 Å². The number of nitrogens with zero attached hydrogens (tertiary/aromatic N) is 3. The maximum absolute atomic E-state index is 13.5. The van der Waals surface area contributed by atoms with E-state index >= 15 is 0 Å². The normalized spacial score (nSPS) is 21.1. The summed E-state index contributed by atoms with van der Waals surface area (Å²) in [5.74, 6) is 5.65. The average molecular weight is 482 g/mol. The number of ether oxygens (including phenoxy) is 2. The van der Waals surface area contributed by atoms with Crippen LogP contribution in [0, 0.1) is 17.8 Å². The average Bonchev–Trinajstić information content (AvgIpc) is 2.75. The smallest absolute Gasteiger partial charge is 0.247 e. The van der Waals surface area contributed by atoms with E-state index in [1.807, 2.05) is 21.0 Å². The summed E-state index contributed by atoms with van der Waals surface area (Å²) in [4.78, 5) is 15.9. The van der Waals surface area contributed by atoms with Gasteiger partial charge >= 0.3 is 0 Å². The van der Waals surface area contributed by atoms with Gasteiger partial charge in [0, 0.05) is 38.2 Å². The Morgan fingerprint density at radius 2 is 2.06 bits per heavy atom. The molecule has 1 heterocycles. The molecule has 0 fully saturated rings. The molecular formula is C23H35N3O6S. The minimum absolute atomic E-state index is 0.0132. The molecule has 1 aliphatic rings. The number of hydrogen-bond donors (Lipinski definition) is 1. The van der Waals surface area contributed by atoms with Crippen LogP contribution in [0.25, 0.3) is 0 Å². The number of fused-ring (bicyclic) bond motifs is 1. The molecule has 10 heteroatoms. The lowest BCUT2D eigenvalue weighted by Gasteiger charge is -2.37. The highest BCUT2D eigenvalue weighted by Crippen LogP contribution is 2.34. The predicted molar refractivity (Wildman–Crippen MR) is 125 cm³/mol. The number of benzene rings is 1. The molecule has 184 valence electrons. The van der Waals surface area contributed by atoms with E-state index in [1.165, 1.54) is 10.4 Å². The number of carbonyl (C=O) groups excluding carboxylic acids is 1. The molecule has 1 N–H and O–H groups in total. The maximum atomic E-state index is 13.5. The van der Waals surface area contributed by atoms with E-state index < -0.39 is 22.2 Å². The van der Waals surface area contributed by atoms with Crippen LogP contribution in [0.3, 0.4) is 0 Å². The predicted octanol–water partition coefficient (Wildman–Crippen LogP) is 0.473. The van der Waals surface area contributed by atoms with Gasteiger partial charge in [0.2, 0.25) is 15.9 Å². The van der Waals surface area contributed by atoms with Crippen molar-refractivity contribution in [3.05, 3.63) is 23.8 Å². The fraction of sp³-hybridized carbons (Fsp3) is 0.609. The van der Waals surface area contributed by atoms with Gasteiger partial charge in [-0.2, -0.15) is 4.31 Å². The lowest BCUT2D eigenvalue weighted by atomic mass is 10.0. The molecule has 0 aromatic heterocycles. The van der Waals surface area contributed by atoms with Gasteiger partial charge in [0.05, 0.1) is 19.7 Å². The van der Waals surface area contributed by atoms with Crippen molar-refractivity contribution in [1.82, 2.24) is 14.1 Å². The molecule has 33 heavy (non-hydrogen) atoms. The standard InChI is InChI=1S/C23H35N3O6S/c1-17-13-26(18(2)16-27)33(29,30)22-10-9-19(8-7-11-31-6)12-20(22)32-21(17)14-25(5)23(28)15-24(3)4/h9-10,12,17-18,21,27H,11,13-16H2,1-6H3/t17-,18-,21-/m0/s1. The fourth-order valence-electron chi connectivity index (χ4n) is 3.49. The summed E-state index contributed by atoms with van der Waals surface area (Å²) in [5, 5.41) is 9.72. The molecule has 0 bridgehead atoms. The van der Waals surface area contributed by atoms with Crippen LogP contribution < -0.4 is 4.74 Å². The summed E-state index contributed by atoms with van der Waals surface area (Å²) in [7, 11) is 2.97. The molecule has 1 aromatic rings. The third-order valence-corrected chi connectivity index (χ3v) is 7.47. The van der Waals surface area contributed by atoms with E-state index in [2.05, 4.69) is 11.8 Å². The Morgan fingerprint density at radius 3 is 2.67 bits per heavy atom. The molecule has 0 unspecified atom stereocenters. The first kappa shape index (κ1) is 27.1. The van der Waals surface area contributed by atoms with Gasteiger partial charge in [0.1, 0.15) is 23.4 Å². The second kappa shape index (κ2) is 11.8. The Hall–Kier alpha value is -2.16. The minimum atomic E-state index is -3.92. The molecule has 1 aromatic carbocycles. The van der Waals surface area contributed by atoms with Crippen LogP contribution in [-0.4, -0.2) is 107 Å². The number of methoxy groups -OCH3 is 1. The third-order valence-electron chi connectivity index (χ3n) is 5.45. The summed E-state index contributed by atoms with van der Waals surface area (Å²) in [6.45, 7) is 4.18. The van der Waals surface area contributed by atoms with Gasteiger partial charge in [-0.05, 0) is 39.2 Å².